The van der Waals surface area contributed by atoms with E-state index >= 15 is 0 Å². The highest BCUT2D eigenvalue weighted by molar-refractivity contribution is 14.0. The molecule has 0 spiro atoms. The van der Waals surface area contributed by atoms with Gasteiger partial charge in [-0.1, -0.05) is 24.3 Å². The highest BCUT2D eigenvalue weighted by atomic mass is 127. The van der Waals surface area contributed by atoms with E-state index < -0.39 is 6.10 Å². The van der Waals surface area contributed by atoms with Crippen molar-refractivity contribution in [3.05, 3.63) is 64.5 Å². The molecule has 3 aromatic rings. The van der Waals surface area contributed by atoms with E-state index in [1.54, 1.807) is 11.3 Å². The first kappa shape index (κ1) is 19.7. The largest absolute Gasteiger partial charge is 0.386 e. The maximum absolute atomic E-state index is 10.3. The SMILES string of the molecule is Cc1ccc(NC(N)=NCC(O)c2cc3ccccc3s2)cc1C.I. The molecule has 132 valence electrons. The third-order valence-electron chi connectivity index (χ3n) is 3.99. The molecule has 0 radical (unpaired) electrons. The van der Waals surface area contributed by atoms with Crippen LogP contribution in [0.3, 0.4) is 0 Å². The van der Waals surface area contributed by atoms with E-state index in [1.807, 2.05) is 42.5 Å². The molecule has 2 aromatic carbocycles. The molecule has 3 rings (SSSR count). The van der Waals surface area contributed by atoms with Crippen LogP contribution in [0.5, 0.6) is 0 Å². The van der Waals surface area contributed by atoms with Gasteiger partial charge in [0.15, 0.2) is 5.96 Å². The molecule has 0 saturated carbocycles. The number of anilines is 1. The molecule has 0 saturated heterocycles. The first-order valence-electron chi connectivity index (χ1n) is 7.83. The molecule has 0 fully saturated rings. The Balaban J connectivity index is 0.00000225. The minimum atomic E-state index is -0.650. The number of fused-ring (bicyclic) bond motifs is 1. The zero-order valence-corrected chi connectivity index (χ0v) is 17.3. The van der Waals surface area contributed by atoms with E-state index in [2.05, 4.69) is 30.2 Å². The number of guanidine groups is 1. The van der Waals surface area contributed by atoms with Gasteiger partial charge in [-0.2, -0.15) is 0 Å². The first-order valence-corrected chi connectivity index (χ1v) is 8.65. The molecule has 4 nitrogen and oxygen atoms in total. The fraction of sp³-hybridized carbons (Fsp3) is 0.211. The number of aliphatic hydroxyl groups excluding tert-OH is 1. The first-order chi connectivity index (χ1) is 11.5. The minimum absolute atomic E-state index is 0. The Kier molecular flexibility index (Phi) is 6.80. The summed E-state index contributed by atoms with van der Waals surface area (Å²) in [5.74, 6) is 0.304. The monoisotopic (exact) mass is 467 g/mol. The van der Waals surface area contributed by atoms with Crippen LogP contribution in [-0.2, 0) is 0 Å². The Morgan fingerprint density at radius 2 is 1.92 bits per heavy atom. The smallest absolute Gasteiger partial charge is 0.193 e. The molecule has 6 heteroatoms. The van der Waals surface area contributed by atoms with E-state index in [-0.39, 0.29) is 30.5 Å². The summed E-state index contributed by atoms with van der Waals surface area (Å²) in [6.07, 6.45) is -0.650. The summed E-state index contributed by atoms with van der Waals surface area (Å²) in [6, 6.07) is 16.1. The molecule has 1 unspecified atom stereocenters. The predicted molar refractivity (Wildman–Crippen MR) is 118 cm³/mol. The van der Waals surface area contributed by atoms with Crippen molar-refractivity contribution in [2.45, 2.75) is 20.0 Å². The van der Waals surface area contributed by atoms with Crippen LogP contribution < -0.4 is 11.1 Å². The number of aliphatic hydroxyl groups is 1. The fourth-order valence-electron chi connectivity index (χ4n) is 2.45. The van der Waals surface area contributed by atoms with Crippen molar-refractivity contribution >= 4 is 57.0 Å². The van der Waals surface area contributed by atoms with Gasteiger partial charge in [0.25, 0.3) is 0 Å². The van der Waals surface area contributed by atoms with Crippen LogP contribution in [0, 0.1) is 13.8 Å². The van der Waals surface area contributed by atoms with Crippen molar-refractivity contribution in [2.24, 2.45) is 10.7 Å². The number of nitrogens with zero attached hydrogens (tertiary/aromatic N) is 1. The minimum Gasteiger partial charge on any atom is -0.386 e. The summed E-state index contributed by atoms with van der Waals surface area (Å²) in [7, 11) is 0. The second-order valence-electron chi connectivity index (χ2n) is 5.85. The molecule has 0 aliphatic heterocycles. The van der Waals surface area contributed by atoms with Gasteiger partial charge >= 0.3 is 0 Å². The van der Waals surface area contributed by atoms with Crippen molar-refractivity contribution in [2.75, 3.05) is 11.9 Å². The van der Waals surface area contributed by atoms with Gasteiger partial charge in [0, 0.05) is 15.3 Å². The maximum atomic E-state index is 10.3. The number of nitrogens with two attached hydrogens (primary N) is 1. The topological polar surface area (TPSA) is 70.6 Å². The second kappa shape index (κ2) is 8.64. The lowest BCUT2D eigenvalue weighted by Gasteiger charge is -2.09. The number of halogens is 1. The van der Waals surface area contributed by atoms with E-state index in [0.29, 0.717) is 5.96 Å². The number of rotatable bonds is 4. The lowest BCUT2D eigenvalue weighted by molar-refractivity contribution is 0.191. The van der Waals surface area contributed by atoms with Gasteiger partial charge in [0.05, 0.1) is 6.54 Å². The lowest BCUT2D eigenvalue weighted by Crippen LogP contribution is -2.23. The number of benzene rings is 2. The summed E-state index contributed by atoms with van der Waals surface area (Å²) < 4.78 is 1.16. The average Bonchev–Trinajstić information content (AvgIpc) is 3.00. The van der Waals surface area contributed by atoms with Crippen molar-refractivity contribution in [3.8, 4) is 0 Å². The zero-order valence-electron chi connectivity index (χ0n) is 14.2. The van der Waals surface area contributed by atoms with Crippen LogP contribution >= 0.6 is 35.3 Å². The molecule has 25 heavy (non-hydrogen) atoms. The summed E-state index contributed by atoms with van der Waals surface area (Å²) in [5.41, 5.74) is 9.25. The van der Waals surface area contributed by atoms with Gasteiger partial charge in [-0.15, -0.1) is 35.3 Å². The van der Waals surface area contributed by atoms with Gasteiger partial charge in [-0.25, -0.2) is 0 Å². The Bertz CT molecular complexity index is 858. The number of thiophene rings is 1. The van der Waals surface area contributed by atoms with Crippen LogP contribution in [0.4, 0.5) is 5.69 Å². The number of hydrogen-bond acceptors (Lipinski definition) is 3. The predicted octanol–water partition coefficient (Wildman–Crippen LogP) is 4.60. The number of aliphatic imine (C=N–C) groups is 1. The molecule has 1 aromatic heterocycles. The second-order valence-corrected chi connectivity index (χ2v) is 6.97. The Labute approximate surface area is 168 Å². The molecule has 0 amide bonds. The number of nitrogens with one attached hydrogen (secondary N) is 1. The third kappa shape index (κ3) is 4.93. The molecule has 1 atom stereocenters. The summed E-state index contributed by atoms with van der Waals surface area (Å²) >= 11 is 1.58. The quantitative estimate of drug-likeness (QED) is 0.299. The summed E-state index contributed by atoms with van der Waals surface area (Å²) in [5, 5.41) is 14.5. The van der Waals surface area contributed by atoms with Gasteiger partial charge < -0.3 is 16.2 Å². The fourth-order valence-corrected chi connectivity index (χ4v) is 3.49. The van der Waals surface area contributed by atoms with Gasteiger partial charge in [0.1, 0.15) is 6.10 Å². The summed E-state index contributed by atoms with van der Waals surface area (Å²) in [4.78, 5) is 5.16. The van der Waals surface area contributed by atoms with Crippen molar-refractivity contribution in [3.63, 3.8) is 0 Å². The molecular formula is C19H22IN3OS. The Hall–Kier alpha value is -1.64. The van der Waals surface area contributed by atoms with Crippen LogP contribution in [0.2, 0.25) is 0 Å². The van der Waals surface area contributed by atoms with Gasteiger partial charge in [-0.05, 0) is 54.6 Å². The molecular weight excluding hydrogens is 445 g/mol. The van der Waals surface area contributed by atoms with Crippen molar-refractivity contribution < 1.29 is 5.11 Å². The van der Waals surface area contributed by atoms with Crippen LogP contribution in [0.1, 0.15) is 22.1 Å². The van der Waals surface area contributed by atoms with Crippen molar-refractivity contribution in [1.82, 2.24) is 0 Å². The molecule has 1 heterocycles. The van der Waals surface area contributed by atoms with Crippen LogP contribution in [-0.4, -0.2) is 17.6 Å². The van der Waals surface area contributed by atoms with Crippen LogP contribution in [0.25, 0.3) is 10.1 Å². The Morgan fingerprint density at radius 1 is 1.16 bits per heavy atom. The van der Waals surface area contributed by atoms with Crippen molar-refractivity contribution in [1.29, 1.82) is 0 Å². The zero-order chi connectivity index (χ0) is 17.1. The van der Waals surface area contributed by atoms with Gasteiger partial charge in [-0.3, -0.25) is 4.99 Å². The highest BCUT2D eigenvalue weighted by Crippen LogP contribution is 2.29. The summed E-state index contributed by atoms with van der Waals surface area (Å²) in [6.45, 7) is 4.35. The third-order valence-corrected chi connectivity index (χ3v) is 5.20. The highest BCUT2D eigenvalue weighted by Gasteiger charge is 2.11. The molecule has 0 bridgehead atoms. The molecule has 0 aliphatic carbocycles. The van der Waals surface area contributed by atoms with Crippen LogP contribution in [0.15, 0.2) is 53.5 Å². The average molecular weight is 467 g/mol. The lowest BCUT2D eigenvalue weighted by atomic mass is 10.1. The Morgan fingerprint density at radius 3 is 2.64 bits per heavy atom. The van der Waals surface area contributed by atoms with E-state index in [0.717, 1.165) is 20.7 Å². The van der Waals surface area contributed by atoms with E-state index in [9.17, 15) is 5.11 Å². The van der Waals surface area contributed by atoms with E-state index in [4.69, 9.17) is 5.73 Å². The molecule has 0 aliphatic rings. The number of aryl methyl sites for hydroxylation is 2. The van der Waals surface area contributed by atoms with Gasteiger partial charge in [0.2, 0.25) is 0 Å². The normalized spacial score (nSPS) is 12.7. The molecule has 4 N–H and O–H groups in total. The van der Waals surface area contributed by atoms with E-state index in [1.165, 1.54) is 11.1 Å². The number of hydrogen-bond donors (Lipinski definition) is 3. The standard InChI is InChI=1S/C19H21N3OS.HI/c1-12-7-8-15(9-13(12)2)22-19(20)21-11-16(23)18-10-14-5-3-4-6-17(14)24-18;/h3-10,16,23H,11H2,1-2H3,(H3,20,21,22);1H. The maximum Gasteiger partial charge on any atom is 0.193 e.